The molecule has 1 aromatic rings. The molecule has 1 aromatic carbocycles. The van der Waals surface area contributed by atoms with E-state index in [1.165, 1.54) is 0 Å². The topological polar surface area (TPSA) is 67.8 Å². The third-order valence-electron chi connectivity index (χ3n) is 3.62. The van der Waals surface area contributed by atoms with Crippen LogP contribution in [0.1, 0.15) is 45.6 Å². The summed E-state index contributed by atoms with van der Waals surface area (Å²) in [4.78, 5) is 11.8. The maximum Gasteiger partial charge on any atom is 0.412 e. The zero-order valence-corrected chi connectivity index (χ0v) is 13.7. The van der Waals surface area contributed by atoms with E-state index in [-0.39, 0.29) is 0 Å². The number of amides is 1. The van der Waals surface area contributed by atoms with Crippen LogP contribution in [0.25, 0.3) is 0 Å². The lowest BCUT2D eigenvalue weighted by molar-refractivity contribution is 0.0636. The number of aryl methyl sites for hydroxylation is 1. The summed E-state index contributed by atoms with van der Waals surface area (Å²) >= 11 is 0. The van der Waals surface area contributed by atoms with Crippen LogP contribution in [0, 0.1) is 0 Å². The highest BCUT2D eigenvalue weighted by Gasteiger charge is 2.39. The fourth-order valence-electron chi connectivity index (χ4n) is 2.21. The molecule has 1 amide bonds. The fraction of sp³-hybridized carbons (Fsp3) is 0.588. The second-order valence-electron chi connectivity index (χ2n) is 6.88. The van der Waals surface area contributed by atoms with Gasteiger partial charge in [0.15, 0.2) is 0 Å². The van der Waals surface area contributed by atoms with E-state index in [0.717, 1.165) is 31.2 Å². The van der Waals surface area contributed by atoms with E-state index < -0.39 is 17.3 Å². The summed E-state index contributed by atoms with van der Waals surface area (Å²) in [5, 5.41) is 12.6. The summed E-state index contributed by atoms with van der Waals surface area (Å²) in [7, 11) is 1.60. The Balaban J connectivity index is 2.00. The van der Waals surface area contributed by atoms with Gasteiger partial charge in [-0.15, -0.1) is 0 Å². The number of rotatable bonds is 5. The maximum absolute atomic E-state index is 11.8. The van der Waals surface area contributed by atoms with Gasteiger partial charge in [-0.2, -0.15) is 0 Å². The van der Waals surface area contributed by atoms with Crippen molar-refractivity contribution in [1.29, 1.82) is 0 Å². The minimum atomic E-state index is -0.534. The number of hydrogen-bond donors (Lipinski definition) is 2. The van der Waals surface area contributed by atoms with Crippen LogP contribution < -0.4 is 10.1 Å². The first-order chi connectivity index (χ1) is 10.2. The molecule has 1 aliphatic carbocycles. The highest BCUT2D eigenvalue weighted by Crippen LogP contribution is 2.40. The van der Waals surface area contributed by atoms with Crippen LogP contribution in [-0.4, -0.2) is 29.5 Å². The van der Waals surface area contributed by atoms with E-state index in [1.54, 1.807) is 13.2 Å². The van der Waals surface area contributed by atoms with Crippen molar-refractivity contribution in [3.8, 4) is 5.75 Å². The van der Waals surface area contributed by atoms with Crippen molar-refractivity contribution >= 4 is 11.8 Å². The van der Waals surface area contributed by atoms with Gasteiger partial charge in [0, 0.05) is 11.8 Å². The van der Waals surface area contributed by atoms with Crippen LogP contribution in [0.2, 0.25) is 0 Å². The van der Waals surface area contributed by atoms with E-state index in [4.69, 9.17) is 9.47 Å². The molecule has 0 atom stereocenters. The highest BCUT2D eigenvalue weighted by atomic mass is 16.6. The number of ether oxygens (including phenoxy) is 2. The quantitative estimate of drug-likeness (QED) is 0.873. The molecule has 0 radical (unpaired) electrons. The van der Waals surface area contributed by atoms with Crippen molar-refractivity contribution in [3.63, 3.8) is 0 Å². The molecule has 2 N–H and O–H groups in total. The average molecular weight is 307 g/mol. The van der Waals surface area contributed by atoms with Gasteiger partial charge in [-0.25, -0.2) is 4.79 Å². The second kappa shape index (κ2) is 6.16. The van der Waals surface area contributed by atoms with Crippen LogP contribution in [0.4, 0.5) is 10.5 Å². The molecular formula is C17H25NO4. The molecule has 5 heteroatoms. The van der Waals surface area contributed by atoms with Crippen LogP contribution in [-0.2, 0) is 11.2 Å². The van der Waals surface area contributed by atoms with Gasteiger partial charge < -0.3 is 14.6 Å². The van der Waals surface area contributed by atoms with Gasteiger partial charge in [-0.05, 0) is 58.1 Å². The Morgan fingerprint density at radius 1 is 1.36 bits per heavy atom. The van der Waals surface area contributed by atoms with E-state index >= 15 is 0 Å². The van der Waals surface area contributed by atoms with Gasteiger partial charge in [0.2, 0.25) is 0 Å². The molecule has 22 heavy (non-hydrogen) atoms. The Morgan fingerprint density at radius 2 is 2.05 bits per heavy atom. The van der Waals surface area contributed by atoms with Crippen molar-refractivity contribution in [1.82, 2.24) is 0 Å². The van der Waals surface area contributed by atoms with Gasteiger partial charge in [-0.1, -0.05) is 6.07 Å². The van der Waals surface area contributed by atoms with E-state index in [9.17, 15) is 9.90 Å². The number of methoxy groups -OCH3 is 1. The molecule has 1 fully saturated rings. The standard InChI is InChI=1S/C17H25NO4/c1-16(2,3)22-15(19)18-13-6-5-12(14(11-13)21-4)7-8-17(20)9-10-17/h5-6,11,20H,7-10H2,1-4H3,(H,18,19). The van der Waals surface area contributed by atoms with Crippen LogP contribution in [0.15, 0.2) is 18.2 Å². The molecule has 0 unspecified atom stereocenters. The molecule has 0 aliphatic heterocycles. The largest absolute Gasteiger partial charge is 0.496 e. The fourth-order valence-corrected chi connectivity index (χ4v) is 2.21. The van der Waals surface area contributed by atoms with Crippen molar-refractivity contribution in [3.05, 3.63) is 23.8 Å². The third-order valence-corrected chi connectivity index (χ3v) is 3.62. The summed E-state index contributed by atoms with van der Waals surface area (Å²) in [6, 6.07) is 5.51. The predicted octanol–water partition coefficient (Wildman–Crippen LogP) is 3.50. The lowest BCUT2D eigenvalue weighted by Crippen LogP contribution is -2.27. The van der Waals surface area contributed by atoms with Gasteiger partial charge >= 0.3 is 6.09 Å². The zero-order chi connectivity index (χ0) is 16.4. The smallest absolute Gasteiger partial charge is 0.412 e. The lowest BCUT2D eigenvalue weighted by Gasteiger charge is -2.20. The molecule has 0 bridgehead atoms. The Hall–Kier alpha value is -1.75. The first-order valence-corrected chi connectivity index (χ1v) is 7.60. The molecule has 0 spiro atoms. The number of benzene rings is 1. The maximum atomic E-state index is 11.8. The first kappa shape index (κ1) is 16.6. The zero-order valence-electron chi connectivity index (χ0n) is 13.7. The van der Waals surface area contributed by atoms with E-state index in [2.05, 4.69) is 5.32 Å². The SMILES string of the molecule is COc1cc(NC(=O)OC(C)(C)C)ccc1CCC1(O)CC1. The molecule has 122 valence electrons. The van der Waals surface area contributed by atoms with E-state index in [0.29, 0.717) is 11.4 Å². The monoisotopic (exact) mass is 307 g/mol. The molecule has 2 rings (SSSR count). The highest BCUT2D eigenvalue weighted by molar-refractivity contribution is 5.85. The molecule has 1 aliphatic rings. The Morgan fingerprint density at radius 3 is 2.59 bits per heavy atom. The summed E-state index contributed by atoms with van der Waals surface area (Å²) < 4.78 is 10.6. The van der Waals surface area contributed by atoms with Gasteiger partial charge in [0.1, 0.15) is 11.4 Å². The number of aliphatic hydroxyl groups is 1. The minimum absolute atomic E-state index is 0.474. The molecule has 0 heterocycles. The number of anilines is 1. The van der Waals surface area contributed by atoms with Crippen molar-refractivity contribution in [2.24, 2.45) is 0 Å². The minimum Gasteiger partial charge on any atom is -0.496 e. The molecule has 5 nitrogen and oxygen atoms in total. The molecule has 1 saturated carbocycles. The van der Waals surface area contributed by atoms with Crippen molar-refractivity contribution < 1.29 is 19.4 Å². The first-order valence-electron chi connectivity index (χ1n) is 7.60. The summed E-state index contributed by atoms with van der Waals surface area (Å²) in [5.41, 5.74) is 0.643. The van der Waals surface area contributed by atoms with E-state index in [1.807, 2.05) is 32.9 Å². The molecule has 0 saturated heterocycles. The predicted molar refractivity (Wildman–Crippen MR) is 85.4 cm³/mol. The molecule has 0 aromatic heterocycles. The van der Waals surface area contributed by atoms with Crippen molar-refractivity contribution in [2.75, 3.05) is 12.4 Å². The summed E-state index contributed by atoms with van der Waals surface area (Å²) in [6.07, 6.45) is 2.77. The third kappa shape index (κ3) is 4.91. The van der Waals surface area contributed by atoms with Crippen LogP contribution in [0.3, 0.4) is 0 Å². The number of hydrogen-bond acceptors (Lipinski definition) is 4. The Kier molecular flexibility index (Phi) is 4.66. The van der Waals surface area contributed by atoms with Crippen molar-refractivity contribution in [2.45, 2.75) is 57.7 Å². The Bertz CT molecular complexity index is 544. The lowest BCUT2D eigenvalue weighted by atomic mass is 10.0. The number of nitrogens with one attached hydrogen (secondary N) is 1. The second-order valence-corrected chi connectivity index (χ2v) is 6.88. The van der Waals surface area contributed by atoms with Gasteiger partial charge in [0.25, 0.3) is 0 Å². The average Bonchev–Trinajstić information content (AvgIpc) is 3.13. The van der Waals surface area contributed by atoms with Crippen LogP contribution >= 0.6 is 0 Å². The summed E-state index contributed by atoms with van der Waals surface area (Å²) in [6.45, 7) is 5.45. The summed E-state index contributed by atoms with van der Waals surface area (Å²) in [5.74, 6) is 0.706. The Labute approximate surface area is 131 Å². The normalized spacial score (nSPS) is 16.0. The number of carbonyl (C=O) groups excluding carboxylic acids is 1. The van der Waals surface area contributed by atoms with Gasteiger partial charge in [-0.3, -0.25) is 5.32 Å². The van der Waals surface area contributed by atoms with Crippen LogP contribution in [0.5, 0.6) is 5.75 Å². The van der Waals surface area contributed by atoms with Gasteiger partial charge in [0.05, 0.1) is 12.7 Å². The number of carbonyl (C=O) groups is 1. The molecular weight excluding hydrogens is 282 g/mol.